The van der Waals surface area contributed by atoms with Crippen molar-refractivity contribution in [3.8, 4) is 33.4 Å². The lowest BCUT2D eigenvalue weighted by Gasteiger charge is -2.26. The molecular formula is C35H25N. The van der Waals surface area contributed by atoms with Gasteiger partial charge in [0.1, 0.15) is 0 Å². The molecule has 0 heterocycles. The molecule has 0 amide bonds. The zero-order valence-electron chi connectivity index (χ0n) is 20.1. The van der Waals surface area contributed by atoms with Gasteiger partial charge in [0.25, 0.3) is 0 Å². The molecule has 6 aromatic rings. The van der Waals surface area contributed by atoms with Crippen molar-refractivity contribution in [1.82, 2.24) is 0 Å². The van der Waals surface area contributed by atoms with Crippen molar-refractivity contribution in [3.63, 3.8) is 0 Å². The third kappa shape index (κ3) is 3.25. The van der Waals surface area contributed by atoms with E-state index in [1.807, 2.05) is 0 Å². The molecule has 0 saturated carbocycles. The fourth-order valence-corrected chi connectivity index (χ4v) is 5.66. The van der Waals surface area contributed by atoms with Crippen LogP contribution in [0.2, 0.25) is 0 Å². The molecule has 0 spiro atoms. The van der Waals surface area contributed by atoms with E-state index in [2.05, 4.69) is 145 Å². The van der Waals surface area contributed by atoms with E-state index in [0.29, 0.717) is 0 Å². The molecule has 0 bridgehead atoms. The lowest BCUT2D eigenvalue weighted by molar-refractivity contribution is 1.27. The first kappa shape index (κ1) is 20.7. The molecule has 0 N–H and O–H groups in total. The molecule has 170 valence electrons. The Morgan fingerprint density at radius 2 is 1.00 bits per heavy atom. The number of para-hydroxylation sites is 1. The van der Waals surface area contributed by atoms with Crippen molar-refractivity contribution < 1.29 is 0 Å². The van der Waals surface area contributed by atoms with Crippen LogP contribution in [-0.4, -0.2) is 0 Å². The minimum Gasteiger partial charge on any atom is -0.310 e. The van der Waals surface area contributed by atoms with E-state index in [1.54, 1.807) is 0 Å². The van der Waals surface area contributed by atoms with E-state index in [4.69, 9.17) is 0 Å². The summed E-state index contributed by atoms with van der Waals surface area (Å²) in [4.78, 5) is 2.34. The van der Waals surface area contributed by atoms with E-state index < -0.39 is 0 Å². The number of benzene rings is 6. The third-order valence-corrected chi connectivity index (χ3v) is 7.24. The van der Waals surface area contributed by atoms with E-state index in [0.717, 1.165) is 17.1 Å². The molecular weight excluding hydrogens is 434 g/mol. The molecule has 1 nitrogen and oxygen atoms in total. The van der Waals surface area contributed by atoms with Gasteiger partial charge in [-0.1, -0.05) is 97.1 Å². The average Bonchev–Trinajstić information content (AvgIpc) is 3.25. The van der Waals surface area contributed by atoms with Gasteiger partial charge in [-0.05, 0) is 93.0 Å². The van der Waals surface area contributed by atoms with E-state index >= 15 is 0 Å². The van der Waals surface area contributed by atoms with Crippen LogP contribution in [0.15, 0.2) is 133 Å². The summed E-state index contributed by atoms with van der Waals surface area (Å²) in [6.45, 7) is 2.15. The van der Waals surface area contributed by atoms with Gasteiger partial charge in [-0.3, -0.25) is 0 Å². The van der Waals surface area contributed by atoms with Crippen LogP contribution in [0.3, 0.4) is 0 Å². The van der Waals surface area contributed by atoms with Crippen molar-refractivity contribution in [1.29, 1.82) is 0 Å². The number of anilines is 3. The topological polar surface area (TPSA) is 3.24 Å². The summed E-state index contributed by atoms with van der Waals surface area (Å²) in [5.74, 6) is 0. The molecule has 7 rings (SSSR count). The molecule has 0 aromatic heterocycles. The highest BCUT2D eigenvalue weighted by atomic mass is 15.1. The third-order valence-electron chi connectivity index (χ3n) is 7.24. The lowest BCUT2D eigenvalue weighted by atomic mass is 9.94. The minimum absolute atomic E-state index is 1.15. The van der Waals surface area contributed by atoms with Crippen molar-refractivity contribution in [2.75, 3.05) is 4.90 Å². The molecule has 6 aromatic carbocycles. The van der Waals surface area contributed by atoms with E-state index in [9.17, 15) is 0 Å². The predicted octanol–water partition coefficient (Wildman–Crippen LogP) is 9.93. The molecule has 0 aliphatic heterocycles. The van der Waals surface area contributed by atoms with Gasteiger partial charge in [-0.2, -0.15) is 0 Å². The van der Waals surface area contributed by atoms with Crippen LogP contribution in [0, 0.1) is 6.92 Å². The Hall–Kier alpha value is -4.62. The van der Waals surface area contributed by atoms with Crippen LogP contribution >= 0.6 is 0 Å². The summed E-state index contributed by atoms with van der Waals surface area (Å²) in [7, 11) is 0. The Morgan fingerprint density at radius 1 is 0.417 bits per heavy atom. The van der Waals surface area contributed by atoms with Crippen molar-refractivity contribution in [3.05, 3.63) is 139 Å². The van der Waals surface area contributed by atoms with Gasteiger partial charge in [0.2, 0.25) is 0 Å². The largest absolute Gasteiger partial charge is 0.310 e. The Morgan fingerprint density at radius 3 is 1.78 bits per heavy atom. The Bertz CT molecular complexity index is 1720. The summed E-state index contributed by atoms with van der Waals surface area (Å²) in [5, 5.41) is 2.67. The van der Waals surface area contributed by atoms with Gasteiger partial charge in [0, 0.05) is 17.1 Å². The second-order valence-electron chi connectivity index (χ2n) is 9.49. The summed E-state index contributed by atoms with van der Waals surface area (Å²) in [6, 6.07) is 48.3. The van der Waals surface area contributed by atoms with Gasteiger partial charge in [0.15, 0.2) is 0 Å². The quantitative estimate of drug-likeness (QED) is 0.253. The minimum atomic E-state index is 1.15. The van der Waals surface area contributed by atoms with Crippen LogP contribution in [0.1, 0.15) is 5.56 Å². The fraction of sp³-hybridized carbons (Fsp3) is 0.0286. The number of aryl methyl sites for hydroxylation is 1. The zero-order chi connectivity index (χ0) is 24.1. The summed E-state index contributed by atoms with van der Waals surface area (Å²) in [5.41, 5.74) is 12.5. The van der Waals surface area contributed by atoms with Crippen LogP contribution < -0.4 is 4.90 Å². The second kappa shape index (κ2) is 8.25. The first-order valence-corrected chi connectivity index (χ1v) is 12.5. The second-order valence-corrected chi connectivity index (χ2v) is 9.49. The number of hydrogen-bond donors (Lipinski definition) is 0. The van der Waals surface area contributed by atoms with Gasteiger partial charge < -0.3 is 4.90 Å². The normalized spacial score (nSPS) is 11.5. The first-order valence-electron chi connectivity index (χ1n) is 12.5. The standard InChI is InChI=1S/C35H25N/c1-24-10-7-14-27(22-24)36(26-12-3-2-4-13-26)28-15-8-11-25(23-28)29-20-21-34-31-17-6-5-16-30(31)33-19-9-18-32(29)35(33)34/h2-23H,1H3. The molecule has 1 heteroatoms. The van der Waals surface area contributed by atoms with E-state index in [-0.39, 0.29) is 0 Å². The van der Waals surface area contributed by atoms with Crippen LogP contribution in [0.5, 0.6) is 0 Å². The van der Waals surface area contributed by atoms with Crippen LogP contribution in [0.25, 0.3) is 44.2 Å². The molecule has 0 atom stereocenters. The Labute approximate surface area is 211 Å². The number of hydrogen-bond acceptors (Lipinski definition) is 1. The number of nitrogens with zero attached hydrogens (tertiary/aromatic N) is 1. The summed E-state index contributed by atoms with van der Waals surface area (Å²) < 4.78 is 0. The van der Waals surface area contributed by atoms with Crippen molar-refractivity contribution in [2.45, 2.75) is 6.92 Å². The summed E-state index contributed by atoms with van der Waals surface area (Å²) >= 11 is 0. The highest BCUT2D eigenvalue weighted by Crippen LogP contribution is 2.49. The Kier molecular flexibility index (Phi) is 4.75. The monoisotopic (exact) mass is 459 g/mol. The van der Waals surface area contributed by atoms with Gasteiger partial charge in [-0.15, -0.1) is 0 Å². The molecule has 0 unspecified atom stereocenters. The zero-order valence-corrected chi connectivity index (χ0v) is 20.1. The average molecular weight is 460 g/mol. The highest BCUT2D eigenvalue weighted by Gasteiger charge is 2.22. The predicted molar refractivity (Wildman–Crippen MR) is 153 cm³/mol. The molecule has 0 saturated heterocycles. The molecule has 1 aliphatic carbocycles. The smallest absolute Gasteiger partial charge is 0.0467 e. The lowest BCUT2D eigenvalue weighted by Crippen LogP contribution is -2.10. The van der Waals surface area contributed by atoms with Crippen molar-refractivity contribution >= 4 is 27.8 Å². The van der Waals surface area contributed by atoms with Crippen LogP contribution in [0.4, 0.5) is 17.1 Å². The van der Waals surface area contributed by atoms with Crippen molar-refractivity contribution in [2.24, 2.45) is 0 Å². The molecule has 1 aliphatic rings. The number of rotatable bonds is 4. The van der Waals surface area contributed by atoms with Crippen LogP contribution in [-0.2, 0) is 0 Å². The van der Waals surface area contributed by atoms with Gasteiger partial charge in [-0.25, -0.2) is 0 Å². The fourth-order valence-electron chi connectivity index (χ4n) is 5.66. The highest BCUT2D eigenvalue weighted by molar-refractivity contribution is 6.18. The van der Waals surface area contributed by atoms with Gasteiger partial charge >= 0.3 is 0 Å². The number of fused-ring (bicyclic) bond motifs is 3. The maximum Gasteiger partial charge on any atom is 0.0467 e. The molecule has 0 fully saturated rings. The summed E-state index contributed by atoms with van der Waals surface area (Å²) in [6.07, 6.45) is 0. The van der Waals surface area contributed by atoms with E-state index in [1.165, 1.54) is 49.7 Å². The molecule has 36 heavy (non-hydrogen) atoms. The molecule has 0 radical (unpaired) electrons. The first-order chi connectivity index (χ1) is 17.8. The van der Waals surface area contributed by atoms with Gasteiger partial charge in [0.05, 0.1) is 0 Å². The maximum atomic E-state index is 2.34. The maximum absolute atomic E-state index is 2.34. The SMILES string of the molecule is Cc1cccc(N(c2ccccc2)c2cccc(-c3ccc4c5c(cccc35)-c3ccccc3-4)c2)c1. The Balaban J connectivity index is 1.41.